The van der Waals surface area contributed by atoms with Gasteiger partial charge in [-0.3, -0.25) is 9.52 Å². The molecule has 0 saturated heterocycles. The third-order valence-corrected chi connectivity index (χ3v) is 6.56. The monoisotopic (exact) mass is 546 g/mol. The van der Waals surface area contributed by atoms with Crippen LogP contribution in [0, 0.1) is 23.8 Å². The van der Waals surface area contributed by atoms with Gasteiger partial charge in [-0.2, -0.15) is 4.73 Å². The van der Waals surface area contributed by atoms with Crippen molar-refractivity contribution in [2.45, 2.75) is 13.5 Å². The normalized spacial score (nSPS) is 11.2. The highest BCUT2D eigenvalue weighted by Crippen LogP contribution is 2.36. The first-order valence-corrected chi connectivity index (χ1v) is 13.3. The summed E-state index contributed by atoms with van der Waals surface area (Å²) in [6.07, 6.45) is 3.92. The number of nitrogens with one attached hydrogen (secondary N) is 2. The maximum atomic E-state index is 14.0. The van der Waals surface area contributed by atoms with Crippen LogP contribution in [0.1, 0.15) is 20.1 Å². The molecule has 13 heteroatoms. The topological polar surface area (TPSA) is 124 Å². The van der Waals surface area contributed by atoms with Crippen LogP contribution in [0.25, 0.3) is 11.3 Å². The molecule has 0 saturated carbocycles. The molecule has 0 atom stereocenters. The molecule has 9 nitrogen and oxygen atoms in total. The summed E-state index contributed by atoms with van der Waals surface area (Å²) in [5.41, 5.74) is 1.69. The second-order valence-corrected chi connectivity index (χ2v) is 11.0. The summed E-state index contributed by atoms with van der Waals surface area (Å²) >= 11 is 1.17. The Labute approximate surface area is 215 Å². The van der Waals surface area contributed by atoms with E-state index in [9.17, 15) is 27.2 Å². The number of carbonyl (C=O) groups excluding carboxylic acids is 1. The predicted molar refractivity (Wildman–Crippen MR) is 135 cm³/mol. The average Bonchev–Trinajstić information content (AvgIpc) is 3.18. The van der Waals surface area contributed by atoms with E-state index in [1.165, 1.54) is 17.4 Å². The minimum Gasteiger partial charge on any atom is -0.619 e. The Morgan fingerprint density at radius 1 is 1.14 bits per heavy atom. The molecule has 1 aromatic carbocycles. The van der Waals surface area contributed by atoms with E-state index in [1.54, 1.807) is 31.2 Å². The molecule has 1 amide bonds. The minimum atomic E-state index is -3.48. The summed E-state index contributed by atoms with van der Waals surface area (Å²) in [4.78, 5) is 18.1. The Balaban J connectivity index is 1.57. The second-order valence-electron chi connectivity index (χ2n) is 8.00. The van der Waals surface area contributed by atoms with Crippen molar-refractivity contribution in [3.05, 3.63) is 93.2 Å². The maximum Gasteiger partial charge on any atom is 0.265 e. The summed E-state index contributed by atoms with van der Waals surface area (Å²) in [6, 6.07) is 10.0. The molecule has 0 aliphatic rings. The highest BCUT2D eigenvalue weighted by atomic mass is 32.2. The molecule has 4 rings (SSSR count). The molecule has 3 aromatic heterocycles. The van der Waals surface area contributed by atoms with Crippen molar-refractivity contribution in [1.29, 1.82) is 0 Å². The van der Waals surface area contributed by atoms with E-state index in [-0.39, 0.29) is 23.6 Å². The van der Waals surface area contributed by atoms with Gasteiger partial charge in [0.2, 0.25) is 16.2 Å². The highest BCUT2D eigenvalue weighted by molar-refractivity contribution is 7.92. The van der Waals surface area contributed by atoms with Gasteiger partial charge in [-0.1, -0.05) is 6.07 Å². The van der Waals surface area contributed by atoms with Gasteiger partial charge >= 0.3 is 0 Å². The van der Waals surface area contributed by atoms with Crippen LogP contribution in [0.5, 0.6) is 5.75 Å². The van der Waals surface area contributed by atoms with Gasteiger partial charge in [-0.25, -0.2) is 22.2 Å². The van der Waals surface area contributed by atoms with Gasteiger partial charge in [0.05, 0.1) is 28.6 Å². The molecule has 37 heavy (non-hydrogen) atoms. The van der Waals surface area contributed by atoms with E-state index in [4.69, 9.17) is 4.74 Å². The van der Waals surface area contributed by atoms with Crippen LogP contribution >= 0.6 is 11.3 Å². The van der Waals surface area contributed by atoms with E-state index in [0.29, 0.717) is 31.4 Å². The van der Waals surface area contributed by atoms with Crippen molar-refractivity contribution in [2.24, 2.45) is 0 Å². The number of benzene rings is 1. The van der Waals surface area contributed by atoms with E-state index in [1.807, 2.05) is 0 Å². The van der Waals surface area contributed by atoms with Crippen LogP contribution in [0.4, 0.5) is 20.2 Å². The number of pyridine rings is 2. The Hall–Kier alpha value is -4.10. The van der Waals surface area contributed by atoms with Gasteiger partial charge in [0, 0.05) is 22.2 Å². The van der Waals surface area contributed by atoms with E-state index in [2.05, 4.69) is 15.0 Å². The SMILES string of the molecule is Cc1sc(C(=O)Nc2cccc(NS(C)(=O)=O)c2)cc1-c1ncc(F)cc1OCc1cc(F)c[n+]([O-])c1. The first kappa shape index (κ1) is 26.0. The zero-order valence-electron chi connectivity index (χ0n) is 19.5. The first-order chi connectivity index (χ1) is 17.5. The van der Waals surface area contributed by atoms with Crippen molar-refractivity contribution in [2.75, 3.05) is 16.3 Å². The standard InChI is InChI=1S/C24H20F2N4O5S2/c1-14-20(9-22(36-14)24(31)28-18-4-3-5-19(8-18)29-37(2,33)34)23-21(7-16(25)10-27-23)35-13-15-6-17(26)12-30(32)11-15/h3-12,29H,13H2,1-2H3,(H,28,31). The fourth-order valence-electron chi connectivity index (χ4n) is 3.44. The Bertz CT molecular complexity index is 1570. The predicted octanol–water partition coefficient (Wildman–Crippen LogP) is 4.23. The van der Waals surface area contributed by atoms with Gasteiger partial charge in [-0.05, 0) is 37.3 Å². The number of aromatic nitrogens is 2. The van der Waals surface area contributed by atoms with Crippen LogP contribution in [0.15, 0.2) is 61.1 Å². The molecule has 0 aliphatic heterocycles. The summed E-state index contributed by atoms with van der Waals surface area (Å²) < 4.78 is 58.7. The summed E-state index contributed by atoms with van der Waals surface area (Å²) in [5, 5.41) is 14.2. The lowest BCUT2D eigenvalue weighted by molar-refractivity contribution is -0.607. The van der Waals surface area contributed by atoms with Gasteiger partial charge in [-0.15, -0.1) is 11.3 Å². The van der Waals surface area contributed by atoms with Crippen molar-refractivity contribution in [3.8, 4) is 17.0 Å². The van der Waals surface area contributed by atoms with Crippen molar-refractivity contribution < 1.29 is 31.5 Å². The number of rotatable bonds is 8. The number of hydrogen-bond acceptors (Lipinski definition) is 7. The Morgan fingerprint density at radius 2 is 1.89 bits per heavy atom. The minimum absolute atomic E-state index is 0.0501. The number of thiophene rings is 1. The average molecular weight is 547 g/mol. The molecule has 0 spiro atoms. The lowest BCUT2D eigenvalue weighted by Crippen LogP contribution is -2.26. The molecule has 4 aromatic rings. The van der Waals surface area contributed by atoms with Gasteiger partial charge in [0.15, 0.2) is 12.0 Å². The molecular weight excluding hydrogens is 526 g/mol. The number of amides is 1. The van der Waals surface area contributed by atoms with Gasteiger partial charge in [0.1, 0.15) is 23.9 Å². The highest BCUT2D eigenvalue weighted by Gasteiger charge is 2.19. The molecule has 0 aliphatic carbocycles. The fraction of sp³-hybridized carbons (Fsp3) is 0.125. The molecule has 2 N–H and O–H groups in total. The Morgan fingerprint density at radius 3 is 2.62 bits per heavy atom. The second kappa shape index (κ2) is 10.5. The quantitative estimate of drug-likeness (QED) is 0.252. The Kier molecular flexibility index (Phi) is 7.36. The van der Waals surface area contributed by atoms with Crippen LogP contribution in [-0.2, 0) is 16.6 Å². The third-order valence-electron chi connectivity index (χ3n) is 4.90. The largest absolute Gasteiger partial charge is 0.619 e. The number of hydrogen-bond donors (Lipinski definition) is 2. The number of halogens is 2. The third kappa shape index (κ3) is 6.77. The van der Waals surface area contributed by atoms with Gasteiger partial charge < -0.3 is 15.3 Å². The maximum absolute atomic E-state index is 14.0. The molecule has 192 valence electrons. The number of sulfonamides is 1. The molecule has 0 radical (unpaired) electrons. The van der Waals surface area contributed by atoms with Crippen molar-refractivity contribution in [1.82, 2.24) is 4.98 Å². The molecule has 0 unspecified atom stereocenters. The molecule has 0 bridgehead atoms. The van der Waals surface area contributed by atoms with Crippen LogP contribution in [0.2, 0.25) is 0 Å². The lowest BCUT2D eigenvalue weighted by Gasteiger charge is -2.11. The van der Waals surface area contributed by atoms with Gasteiger partial charge in [0.25, 0.3) is 5.91 Å². The number of ether oxygens (including phenoxy) is 1. The lowest BCUT2D eigenvalue weighted by atomic mass is 10.1. The van der Waals surface area contributed by atoms with Crippen molar-refractivity contribution in [3.63, 3.8) is 0 Å². The van der Waals surface area contributed by atoms with Crippen molar-refractivity contribution >= 4 is 38.6 Å². The number of aryl methyl sites for hydroxylation is 1. The smallest absolute Gasteiger partial charge is 0.265 e. The molecule has 3 heterocycles. The van der Waals surface area contributed by atoms with Crippen LogP contribution in [0.3, 0.4) is 0 Å². The van der Waals surface area contributed by atoms with Crippen LogP contribution < -0.4 is 19.5 Å². The van der Waals surface area contributed by atoms with E-state index < -0.39 is 27.6 Å². The molecular formula is C24H20F2N4O5S2. The fourth-order valence-corrected chi connectivity index (χ4v) is 4.91. The summed E-state index contributed by atoms with van der Waals surface area (Å²) in [5.74, 6) is -1.80. The number of carbonyl (C=O) groups is 1. The van der Waals surface area contributed by atoms with Crippen LogP contribution in [-0.4, -0.2) is 25.6 Å². The zero-order valence-corrected chi connectivity index (χ0v) is 21.1. The zero-order chi connectivity index (χ0) is 26.7. The molecule has 0 fully saturated rings. The summed E-state index contributed by atoms with van der Waals surface area (Å²) in [6.45, 7) is 1.54. The first-order valence-electron chi connectivity index (χ1n) is 10.6. The van der Waals surface area contributed by atoms with E-state index in [0.717, 1.165) is 37.0 Å². The number of nitrogens with zero attached hydrogens (tertiary/aromatic N) is 2. The summed E-state index contributed by atoms with van der Waals surface area (Å²) in [7, 11) is -3.48. The number of anilines is 2. The van der Waals surface area contributed by atoms with E-state index >= 15 is 0 Å².